The van der Waals surface area contributed by atoms with Crippen LogP contribution in [0.25, 0.3) is 20.7 Å². The summed E-state index contributed by atoms with van der Waals surface area (Å²) in [7, 11) is 0. The summed E-state index contributed by atoms with van der Waals surface area (Å²) in [6.45, 7) is 0.467. The maximum absolute atomic E-state index is 5.96. The number of fused-ring (bicyclic) bond motifs is 1. The van der Waals surface area contributed by atoms with E-state index >= 15 is 0 Å². The number of aromatic nitrogens is 3. The van der Waals surface area contributed by atoms with Gasteiger partial charge in [0.1, 0.15) is 6.33 Å². The summed E-state index contributed by atoms with van der Waals surface area (Å²) >= 11 is 7.55. The first kappa shape index (κ1) is 15.8. The Kier molecular flexibility index (Phi) is 4.45. The van der Waals surface area contributed by atoms with Crippen molar-refractivity contribution in [3.63, 3.8) is 0 Å². The molecule has 4 rings (SSSR count). The molecule has 0 fully saturated rings. The summed E-state index contributed by atoms with van der Waals surface area (Å²) in [5, 5.41) is 9.24. The maximum atomic E-state index is 5.96. The van der Waals surface area contributed by atoms with Crippen molar-refractivity contribution in [1.82, 2.24) is 15.0 Å². The first-order valence-corrected chi connectivity index (χ1v) is 8.76. The van der Waals surface area contributed by atoms with Crippen molar-refractivity contribution in [2.45, 2.75) is 6.54 Å². The average Bonchev–Trinajstić information content (AvgIpc) is 3.08. The summed E-state index contributed by atoms with van der Waals surface area (Å²) in [6.07, 6.45) is 5.02. The number of pyridine rings is 1. The molecule has 0 atom stereocenters. The normalized spacial score (nSPS) is 11.4. The Labute approximate surface area is 153 Å². The molecule has 0 amide bonds. The van der Waals surface area contributed by atoms with Gasteiger partial charge in [0.2, 0.25) is 0 Å². The minimum atomic E-state index is 0.467. The second kappa shape index (κ2) is 7.04. The quantitative estimate of drug-likeness (QED) is 0.436. The fraction of sp³-hybridized carbons (Fsp3) is 0.0556. The highest BCUT2D eigenvalue weighted by Crippen LogP contribution is 2.36. The van der Waals surface area contributed by atoms with Crippen LogP contribution in [0, 0.1) is 0 Å². The van der Waals surface area contributed by atoms with Crippen LogP contribution in [0.1, 0.15) is 5.56 Å². The summed E-state index contributed by atoms with van der Waals surface area (Å²) in [5.74, 6) is 0.583. The van der Waals surface area contributed by atoms with Crippen molar-refractivity contribution < 1.29 is 0 Å². The summed E-state index contributed by atoms with van der Waals surface area (Å²) in [4.78, 5) is 13.8. The van der Waals surface area contributed by atoms with Gasteiger partial charge in [-0.15, -0.1) is 16.5 Å². The lowest BCUT2D eigenvalue weighted by Crippen LogP contribution is -1.81. The molecule has 0 aliphatic rings. The highest BCUT2D eigenvalue weighted by atomic mass is 35.5. The molecule has 0 radical (unpaired) electrons. The molecule has 0 spiro atoms. The summed E-state index contributed by atoms with van der Waals surface area (Å²) in [5.41, 5.74) is 2.95. The van der Waals surface area contributed by atoms with Crippen molar-refractivity contribution >= 4 is 39.0 Å². The second-order valence-corrected chi connectivity index (χ2v) is 6.78. The van der Waals surface area contributed by atoms with Crippen LogP contribution < -0.4 is 0 Å². The number of halogens is 1. The van der Waals surface area contributed by atoms with E-state index in [-0.39, 0.29) is 0 Å². The number of nitrogens with zero attached hydrogens (tertiary/aromatic N) is 5. The first-order valence-electron chi connectivity index (χ1n) is 7.56. The van der Waals surface area contributed by atoms with Crippen LogP contribution in [0.15, 0.2) is 71.4 Å². The smallest absolute Gasteiger partial charge is 0.195 e. The van der Waals surface area contributed by atoms with Crippen LogP contribution in [0.3, 0.4) is 0 Å². The molecule has 3 aromatic heterocycles. The van der Waals surface area contributed by atoms with Gasteiger partial charge in [-0.05, 0) is 35.4 Å². The number of azo groups is 1. The van der Waals surface area contributed by atoms with Gasteiger partial charge in [0.25, 0.3) is 0 Å². The van der Waals surface area contributed by atoms with Crippen LogP contribution in [-0.4, -0.2) is 15.0 Å². The van der Waals surface area contributed by atoms with Crippen LogP contribution in [0.5, 0.6) is 0 Å². The zero-order valence-electron chi connectivity index (χ0n) is 13.0. The van der Waals surface area contributed by atoms with E-state index in [9.17, 15) is 0 Å². The molecule has 0 aliphatic heterocycles. The van der Waals surface area contributed by atoms with Gasteiger partial charge in [-0.25, -0.2) is 9.97 Å². The van der Waals surface area contributed by atoms with Gasteiger partial charge in [-0.2, -0.15) is 5.11 Å². The van der Waals surface area contributed by atoms with E-state index in [0.29, 0.717) is 12.4 Å². The fourth-order valence-electron chi connectivity index (χ4n) is 2.35. The van der Waals surface area contributed by atoms with Gasteiger partial charge < -0.3 is 0 Å². The highest BCUT2D eigenvalue weighted by Gasteiger charge is 2.10. The Hall–Kier alpha value is -2.70. The molecular weight excluding hydrogens is 354 g/mol. The first-order chi connectivity index (χ1) is 12.3. The van der Waals surface area contributed by atoms with Crippen LogP contribution in [0.2, 0.25) is 5.02 Å². The van der Waals surface area contributed by atoms with Gasteiger partial charge in [0, 0.05) is 22.3 Å². The zero-order valence-corrected chi connectivity index (χ0v) is 14.6. The van der Waals surface area contributed by atoms with Crippen molar-refractivity contribution in [2.75, 3.05) is 0 Å². The van der Waals surface area contributed by atoms with Gasteiger partial charge >= 0.3 is 0 Å². The summed E-state index contributed by atoms with van der Waals surface area (Å²) < 4.78 is 0.919. The Morgan fingerprint density at radius 2 is 1.96 bits per heavy atom. The maximum Gasteiger partial charge on any atom is 0.195 e. The standard InChI is InChI=1S/C18H12ClN5S/c19-14-5-3-13(4-6-14)16-8-15-17(25-16)18(22-11-21-15)24-23-10-12-2-1-7-20-9-12/h1-9,11H,10H2. The van der Waals surface area contributed by atoms with E-state index in [1.807, 2.05) is 42.5 Å². The van der Waals surface area contributed by atoms with E-state index in [1.165, 1.54) is 6.33 Å². The lowest BCUT2D eigenvalue weighted by molar-refractivity contribution is 0.939. The number of rotatable bonds is 4. The number of thiophene rings is 1. The molecule has 0 bridgehead atoms. The minimum absolute atomic E-state index is 0.467. The third-order valence-electron chi connectivity index (χ3n) is 3.56. The molecule has 0 aliphatic carbocycles. The van der Waals surface area contributed by atoms with E-state index < -0.39 is 0 Å². The Morgan fingerprint density at radius 1 is 1.08 bits per heavy atom. The Balaban J connectivity index is 1.64. The number of benzene rings is 1. The van der Waals surface area contributed by atoms with Crippen LogP contribution in [-0.2, 0) is 6.54 Å². The van der Waals surface area contributed by atoms with Crippen molar-refractivity contribution in [1.29, 1.82) is 0 Å². The van der Waals surface area contributed by atoms with E-state index in [2.05, 4.69) is 25.2 Å². The predicted octanol–water partition coefficient (Wildman–Crippen LogP) is 5.69. The molecular formula is C18H12ClN5S. The molecule has 5 nitrogen and oxygen atoms in total. The van der Waals surface area contributed by atoms with Crippen LogP contribution in [0.4, 0.5) is 5.82 Å². The Bertz CT molecular complexity index is 1030. The molecule has 3 heterocycles. The fourth-order valence-corrected chi connectivity index (χ4v) is 3.52. The van der Waals surface area contributed by atoms with Crippen molar-refractivity contribution in [2.24, 2.45) is 10.2 Å². The Morgan fingerprint density at radius 3 is 2.76 bits per heavy atom. The lowest BCUT2D eigenvalue weighted by atomic mass is 10.2. The zero-order chi connectivity index (χ0) is 17.1. The molecule has 122 valence electrons. The average molecular weight is 366 g/mol. The van der Waals surface area contributed by atoms with Crippen LogP contribution >= 0.6 is 22.9 Å². The molecule has 0 N–H and O–H groups in total. The second-order valence-electron chi connectivity index (χ2n) is 5.29. The lowest BCUT2D eigenvalue weighted by Gasteiger charge is -1.96. The molecule has 0 unspecified atom stereocenters. The van der Waals surface area contributed by atoms with Gasteiger partial charge in [-0.1, -0.05) is 29.8 Å². The molecule has 25 heavy (non-hydrogen) atoms. The summed E-state index contributed by atoms with van der Waals surface area (Å²) in [6, 6.07) is 13.6. The molecule has 0 saturated heterocycles. The predicted molar refractivity (Wildman–Crippen MR) is 100 cm³/mol. The minimum Gasteiger partial charge on any atom is -0.264 e. The third-order valence-corrected chi connectivity index (χ3v) is 4.98. The van der Waals surface area contributed by atoms with Crippen molar-refractivity contribution in [3.05, 3.63) is 71.8 Å². The van der Waals surface area contributed by atoms with E-state index in [4.69, 9.17) is 11.6 Å². The molecule has 1 aromatic carbocycles. The topological polar surface area (TPSA) is 63.4 Å². The van der Waals surface area contributed by atoms with E-state index in [1.54, 1.807) is 23.7 Å². The molecule has 0 saturated carbocycles. The van der Waals surface area contributed by atoms with Crippen molar-refractivity contribution in [3.8, 4) is 10.4 Å². The third kappa shape index (κ3) is 3.55. The molecule has 4 aromatic rings. The molecule has 7 heteroatoms. The highest BCUT2D eigenvalue weighted by molar-refractivity contribution is 7.22. The van der Waals surface area contributed by atoms with Gasteiger partial charge in [0.15, 0.2) is 5.82 Å². The van der Waals surface area contributed by atoms with Gasteiger partial charge in [0.05, 0.1) is 16.8 Å². The monoisotopic (exact) mass is 365 g/mol. The number of hydrogen-bond acceptors (Lipinski definition) is 6. The number of hydrogen-bond donors (Lipinski definition) is 0. The van der Waals surface area contributed by atoms with Gasteiger partial charge in [-0.3, -0.25) is 4.98 Å². The SMILES string of the molecule is Clc1ccc(-c2cc3ncnc(N=NCc4cccnc4)c3s2)cc1. The van der Waals surface area contributed by atoms with E-state index in [0.717, 1.165) is 31.2 Å². The largest absolute Gasteiger partial charge is 0.264 e.